The van der Waals surface area contributed by atoms with Gasteiger partial charge in [-0.25, -0.2) is 0 Å². The molecular weight excluding hydrogens is 228 g/mol. The van der Waals surface area contributed by atoms with Crippen LogP contribution in [0.5, 0.6) is 5.75 Å². The fourth-order valence-electron chi connectivity index (χ4n) is 1.96. The quantitative estimate of drug-likeness (QED) is 0.852. The number of aliphatic hydroxyl groups excluding tert-OH is 1. The Hall–Kier alpha value is -1.74. The third kappa shape index (κ3) is 3.14. The molecule has 3 heteroatoms. The van der Waals surface area contributed by atoms with Gasteiger partial charge in [-0.1, -0.05) is 12.1 Å². The molecule has 0 spiro atoms. The maximum absolute atomic E-state index is 9.48. The first kappa shape index (κ1) is 12.7. The Balaban J connectivity index is 2.07. The lowest BCUT2D eigenvalue weighted by Crippen LogP contribution is -2.07. The van der Waals surface area contributed by atoms with Gasteiger partial charge in [-0.15, -0.1) is 0 Å². The molecule has 1 atom stereocenters. The predicted molar refractivity (Wildman–Crippen MR) is 69.8 cm³/mol. The molecule has 0 aliphatic rings. The van der Waals surface area contributed by atoms with E-state index < -0.39 is 0 Å². The summed E-state index contributed by atoms with van der Waals surface area (Å²) in [5.74, 6) is 1.81. The molecule has 1 unspecified atom stereocenters. The van der Waals surface area contributed by atoms with Crippen LogP contribution in [0.25, 0.3) is 0 Å². The highest BCUT2D eigenvalue weighted by Gasteiger charge is 2.13. The molecule has 1 aromatic heterocycles. The number of hydrogen-bond acceptors (Lipinski definition) is 3. The van der Waals surface area contributed by atoms with E-state index in [0.29, 0.717) is 13.0 Å². The first-order valence-corrected chi connectivity index (χ1v) is 6.19. The van der Waals surface area contributed by atoms with Crippen LogP contribution in [0.2, 0.25) is 0 Å². The van der Waals surface area contributed by atoms with E-state index in [1.165, 1.54) is 0 Å². The zero-order chi connectivity index (χ0) is 12.8. The second-order valence-corrected chi connectivity index (χ2v) is 4.17. The molecule has 0 bridgehead atoms. The number of rotatable bonds is 6. The second-order valence-electron chi connectivity index (χ2n) is 4.17. The Morgan fingerprint density at radius 3 is 2.56 bits per heavy atom. The van der Waals surface area contributed by atoms with Crippen LogP contribution in [0.1, 0.15) is 24.2 Å². The van der Waals surface area contributed by atoms with E-state index in [2.05, 4.69) is 0 Å². The predicted octanol–water partition coefficient (Wildman–Crippen LogP) is 3.00. The Bertz CT molecular complexity index is 445. The Morgan fingerprint density at radius 1 is 1.22 bits per heavy atom. The van der Waals surface area contributed by atoms with E-state index in [4.69, 9.17) is 9.15 Å². The summed E-state index contributed by atoms with van der Waals surface area (Å²) in [6.45, 7) is 2.73. The standard InChI is InChI=1S/C15H18O3/c1-2-17-14-7-5-12(6-8-14)13(11-16)10-15-4-3-9-18-15/h3-9,13,16H,2,10-11H2,1H3. The van der Waals surface area contributed by atoms with Crippen molar-refractivity contribution in [3.05, 3.63) is 54.0 Å². The zero-order valence-corrected chi connectivity index (χ0v) is 10.5. The van der Waals surface area contributed by atoms with Crippen molar-refractivity contribution in [2.75, 3.05) is 13.2 Å². The van der Waals surface area contributed by atoms with E-state index in [9.17, 15) is 5.11 Å². The number of aliphatic hydroxyl groups is 1. The molecule has 0 radical (unpaired) electrons. The van der Waals surface area contributed by atoms with Gasteiger partial charge >= 0.3 is 0 Å². The van der Waals surface area contributed by atoms with Gasteiger partial charge in [-0.3, -0.25) is 0 Å². The molecule has 1 N–H and O–H groups in total. The van der Waals surface area contributed by atoms with Crippen LogP contribution in [-0.2, 0) is 6.42 Å². The van der Waals surface area contributed by atoms with Gasteiger partial charge in [0.1, 0.15) is 11.5 Å². The van der Waals surface area contributed by atoms with Crippen LogP contribution in [0.3, 0.4) is 0 Å². The Morgan fingerprint density at radius 2 is 2.00 bits per heavy atom. The van der Waals surface area contributed by atoms with Crippen molar-refractivity contribution in [1.82, 2.24) is 0 Å². The third-order valence-corrected chi connectivity index (χ3v) is 2.91. The molecule has 0 saturated carbocycles. The van der Waals surface area contributed by atoms with Crippen molar-refractivity contribution < 1.29 is 14.3 Å². The van der Waals surface area contributed by atoms with Crippen molar-refractivity contribution in [3.63, 3.8) is 0 Å². The number of ether oxygens (including phenoxy) is 1. The van der Waals surface area contributed by atoms with Crippen molar-refractivity contribution in [3.8, 4) is 5.75 Å². The SMILES string of the molecule is CCOc1ccc(C(CO)Cc2ccco2)cc1. The highest BCUT2D eigenvalue weighted by atomic mass is 16.5. The molecule has 96 valence electrons. The molecule has 3 nitrogen and oxygen atoms in total. The summed E-state index contributed by atoms with van der Waals surface area (Å²) in [5, 5.41) is 9.48. The topological polar surface area (TPSA) is 42.6 Å². The summed E-state index contributed by atoms with van der Waals surface area (Å²) in [5.41, 5.74) is 1.09. The highest BCUT2D eigenvalue weighted by Crippen LogP contribution is 2.23. The summed E-state index contributed by atoms with van der Waals surface area (Å²) in [6.07, 6.45) is 2.36. The number of benzene rings is 1. The number of hydrogen-bond donors (Lipinski definition) is 1. The van der Waals surface area contributed by atoms with Crippen LogP contribution in [0.4, 0.5) is 0 Å². The molecular formula is C15H18O3. The minimum atomic E-state index is 0.0619. The van der Waals surface area contributed by atoms with Gasteiger partial charge in [0, 0.05) is 12.3 Å². The van der Waals surface area contributed by atoms with Crippen molar-refractivity contribution in [1.29, 1.82) is 0 Å². The first-order valence-electron chi connectivity index (χ1n) is 6.19. The molecule has 0 fully saturated rings. The fraction of sp³-hybridized carbons (Fsp3) is 0.333. The van der Waals surface area contributed by atoms with E-state index in [1.54, 1.807) is 6.26 Å². The van der Waals surface area contributed by atoms with E-state index in [0.717, 1.165) is 17.1 Å². The summed E-state index contributed by atoms with van der Waals surface area (Å²) in [7, 11) is 0. The minimum absolute atomic E-state index is 0.0619. The normalized spacial score (nSPS) is 12.3. The van der Waals surface area contributed by atoms with Crippen LogP contribution in [-0.4, -0.2) is 18.3 Å². The maximum atomic E-state index is 9.48. The molecule has 2 aromatic rings. The van der Waals surface area contributed by atoms with E-state index >= 15 is 0 Å². The Kier molecular flexibility index (Phi) is 4.42. The van der Waals surface area contributed by atoms with Gasteiger partial charge in [0.15, 0.2) is 0 Å². The average Bonchev–Trinajstić information content (AvgIpc) is 2.90. The molecule has 0 aliphatic heterocycles. The van der Waals surface area contributed by atoms with Gasteiger partial charge in [0.2, 0.25) is 0 Å². The molecule has 0 amide bonds. The van der Waals surface area contributed by atoms with Crippen molar-refractivity contribution >= 4 is 0 Å². The zero-order valence-electron chi connectivity index (χ0n) is 10.5. The highest BCUT2D eigenvalue weighted by molar-refractivity contribution is 5.30. The summed E-state index contributed by atoms with van der Waals surface area (Å²) < 4.78 is 10.7. The lowest BCUT2D eigenvalue weighted by atomic mass is 9.95. The summed E-state index contributed by atoms with van der Waals surface area (Å²) in [6, 6.07) is 11.6. The summed E-state index contributed by atoms with van der Waals surface area (Å²) in [4.78, 5) is 0. The molecule has 1 heterocycles. The minimum Gasteiger partial charge on any atom is -0.494 e. The maximum Gasteiger partial charge on any atom is 0.119 e. The molecule has 18 heavy (non-hydrogen) atoms. The van der Waals surface area contributed by atoms with Crippen LogP contribution in [0, 0.1) is 0 Å². The molecule has 2 rings (SSSR count). The Labute approximate surface area is 107 Å². The van der Waals surface area contributed by atoms with Gasteiger partial charge in [-0.2, -0.15) is 0 Å². The average molecular weight is 246 g/mol. The van der Waals surface area contributed by atoms with Crippen molar-refractivity contribution in [2.45, 2.75) is 19.3 Å². The van der Waals surface area contributed by atoms with Crippen LogP contribution < -0.4 is 4.74 Å². The van der Waals surface area contributed by atoms with E-state index in [-0.39, 0.29) is 12.5 Å². The third-order valence-electron chi connectivity index (χ3n) is 2.91. The molecule has 1 aromatic carbocycles. The largest absolute Gasteiger partial charge is 0.494 e. The lowest BCUT2D eigenvalue weighted by Gasteiger charge is -2.13. The monoisotopic (exact) mass is 246 g/mol. The van der Waals surface area contributed by atoms with Crippen LogP contribution >= 0.6 is 0 Å². The smallest absolute Gasteiger partial charge is 0.119 e. The fourth-order valence-corrected chi connectivity index (χ4v) is 1.96. The molecule has 0 aliphatic carbocycles. The van der Waals surface area contributed by atoms with Gasteiger partial charge in [-0.05, 0) is 36.8 Å². The number of furan rings is 1. The van der Waals surface area contributed by atoms with E-state index in [1.807, 2.05) is 43.3 Å². The summed E-state index contributed by atoms with van der Waals surface area (Å²) >= 11 is 0. The first-order chi connectivity index (χ1) is 8.83. The van der Waals surface area contributed by atoms with Crippen molar-refractivity contribution in [2.24, 2.45) is 0 Å². The van der Waals surface area contributed by atoms with Gasteiger partial charge in [0.05, 0.1) is 19.5 Å². The molecule has 0 saturated heterocycles. The lowest BCUT2D eigenvalue weighted by molar-refractivity contribution is 0.259. The van der Waals surface area contributed by atoms with Gasteiger partial charge < -0.3 is 14.3 Å². The van der Waals surface area contributed by atoms with Gasteiger partial charge in [0.25, 0.3) is 0 Å². The second kappa shape index (κ2) is 6.26. The van der Waals surface area contributed by atoms with Crippen LogP contribution in [0.15, 0.2) is 47.1 Å².